The summed E-state index contributed by atoms with van der Waals surface area (Å²) in [6, 6.07) is 0. The SMILES string of the molecule is NC1(C2CCSC2)CCC(O)CC1. The predicted molar refractivity (Wildman–Crippen MR) is 56.8 cm³/mol. The van der Waals surface area contributed by atoms with Crippen molar-refractivity contribution in [2.45, 2.75) is 43.7 Å². The lowest BCUT2D eigenvalue weighted by atomic mass is 9.72. The molecule has 0 aromatic heterocycles. The third kappa shape index (κ3) is 2.03. The molecule has 2 nitrogen and oxygen atoms in total. The number of hydrogen-bond acceptors (Lipinski definition) is 3. The summed E-state index contributed by atoms with van der Waals surface area (Å²) < 4.78 is 0. The third-order valence-corrected chi connectivity index (χ3v) is 4.79. The molecule has 2 aliphatic rings. The average Bonchev–Trinajstić information content (AvgIpc) is 2.63. The lowest BCUT2D eigenvalue weighted by Crippen LogP contribution is -2.50. The number of aliphatic hydroxyl groups excluding tert-OH is 1. The van der Waals surface area contributed by atoms with Crippen molar-refractivity contribution in [2.24, 2.45) is 11.7 Å². The van der Waals surface area contributed by atoms with Crippen LogP contribution in [0.25, 0.3) is 0 Å². The molecule has 1 saturated heterocycles. The van der Waals surface area contributed by atoms with E-state index in [0.717, 1.165) is 25.7 Å². The first kappa shape index (κ1) is 9.81. The van der Waals surface area contributed by atoms with Gasteiger partial charge in [0.1, 0.15) is 0 Å². The molecule has 0 aromatic rings. The van der Waals surface area contributed by atoms with Gasteiger partial charge in [-0.1, -0.05) is 0 Å². The topological polar surface area (TPSA) is 46.2 Å². The molecule has 0 radical (unpaired) electrons. The van der Waals surface area contributed by atoms with Gasteiger partial charge >= 0.3 is 0 Å². The van der Waals surface area contributed by atoms with Crippen LogP contribution >= 0.6 is 11.8 Å². The summed E-state index contributed by atoms with van der Waals surface area (Å²) in [4.78, 5) is 0. The highest BCUT2D eigenvalue weighted by Crippen LogP contribution is 2.39. The van der Waals surface area contributed by atoms with Gasteiger partial charge in [0.25, 0.3) is 0 Å². The molecule has 1 heterocycles. The zero-order valence-corrected chi connectivity index (χ0v) is 8.85. The highest BCUT2D eigenvalue weighted by molar-refractivity contribution is 7.99. The van der Waals surface area contributed by atoms with Crippen LogP contribution in [0.2, 0.25) is 0 Å². The Labute approximate surface area is 84.3 Å². The van der Waals surface area contributed by atoms with Crippen LogP contribution in [-0.2, 0) is 0 Å². The molecule has 2 fully saturated rings. The molecule has 1 aliphatic carbocycles. The molecule has 13 heavy (non-hydrogen) atoms. The van der Waals surface area contributed by atoms with E-state index in [2.05, 4.69) is 0 Å². The van der Waals surface area contributed by atoms with Crippen LogP contribution in [0.5, 0.6) is 0 Å². The second-order valence-corrected chi connectivity index (χ2v) is 5.67. The number of nitrogens with two attached hydrogens (primary N) is 1. The van der Waals surface area contributed by atoms with Crippen molar-refractivity contribution in [3.05, 3.63) is 0 Å². The normalized spacial score (nSPS) is 46.6. The fraction of sp³-hybridized carbons (Fsp3) is 1.00. The van der Waals surface area contributed by atoms with E-state index >= 15 is 0 Å². The Morgan fingerprint density at radius 3 is 2.46 bits per heavy atom. The maximum absolute atomic E-state index is 9.42. The Morgan fingerprint density at radius 1 is 1.23 bits per heavy atom. The van der Waals surface area contributed by atoms with Crippen LogP contribution in [0.1, 0.15) is 32.1 Å². The summed E-state index contributed by atoms with van der Waals surface area (Å²) in [6.07, 6.45) is 5.09. The summed E-state index contributed by atoms with van der Waals surface area (Å²) in [5, 5.41) is 9.42. The fourth-order valence-corrected chi connectivity index (χ4v) is 3.94. The Bertz CT molecular complexity index is 172. The van der Waals surface area contributed by atoms with Gasteiger partial charge in [-0.15, -0.1) is 0 Å². The van der Waals surface area contributed by atoms with Gasteiger partial charge in [0, 0.05) is 5.54 Å². The molecule has 3 heteroatoms. The number of thioether (sulfide) groups is 1. The Hall–Kier alpha value is 0.270. The quantitative estimate of drug-likeness (QED) is 0.673. The second-order valence-electron chi connectivity index (χ2n) is 4.52. The Balaban J connectivity index is 1.95. The van der Waals surface area contributed by atoms with Crippen molar-refractivity contribution in [3.8, 4) is 0 Å². The van der Waals surface area contributed by atoms with Crippen LogP contribution in [0.4, 0.5) is 0 Å². The van der Waals surface area contributed by atoms with E-state index < -0.39 is 0 Å². The number of hydrogen-bond donors (Lipinski definition) is 2. The maximum atomic E-state index is 9.42. The third-order valence-electron chi connectivity index (χ3n) is 3.63. The molecule has 1 aliphatic heterocycles. The summed E-state index contributed by atoms with van der Waals surface area (Å²) >= 11 is 2.03. The molecule has 0 spiro atoms. The van der Waals surface area contributed by atoms with Gasteiger partial charge in [-0.05, 0) is 49.5 Å². The summed E-state index contributed by atoms with van der Waals surface area (Å²) in [7, 11) is 0. The van der Waals surface area contributed by atoms with Gasteiger partial charge in [0.2, 0.25) is 0 Å². The average molecular weight is 201 g/mol. The van der Waals surface area contributed by atoms with Gasteiger partial charge in [0.15, 0.2) is 0 Å². The van der Waals surface area contributed by atoms with Crippen molar-refractivity contribution in [3.63, 3.8) is 0 Å². The Kier molecular flexibility index (Phi) is 2.86. The van der Waals surface area contributed by atoms with Gasteiger partial charge in [-0.2, -0.15) is 11.8 Å². The van der Waals surface area contributed by atoms with Gasteiger partial charge in [0.05, 0.1) is 6.10 Å². The molecule has 2 rings (SSSR count). The zero-order chi connectivity index (χ0) is 9.31. The van der Waals surface area contributed by atoms with Crippen LogP contribution in [0.15, 0.2) is 0 Å². The summed E-state index contributed by atoms with van der Waals surface area (Å²) in [6.45, 7) is 0. The molecule has 0 aromatic carbocycles. The second kappa shape index (κ2) is 3.79. The summed E-state index contributed by atoms with van der Waals surface area (Å²) in [5.41, 5.74) is 6.46. The van der Waals surface area contributed by atoms with Crippen molar-refractivity contribution < 1.29 is 5.11 Å². The lowest BCUT2D eigenvalue weighted by molar-refractivity contribution is 0.0793. The van der Waals surface area contributed by atoms with Crippen LogP contribution in [0, 0.1) is 5.92 Å². The van der Waals surface area contributed by atoms with Crippen molar-refractivity contribution in [1.29, 1.82) is 0 Å². The molecule has 1 saturated carbocycles. The minimum absolute atomic E-state index is 0.0583. The zero-order valence-electron chi connectivity index (χ0n) is 8.04. The van der Waals surface area contributed by atoms with Crippen molar-refractivity contribution in [1.82, 2.24) is 0 Å². The van der Waals surface area contributed by atoms with Crippen molar-refractivity contribution in [2.75, 3.05) is 11.5 Å². The van der Waals surface area contributed by atoms with E-state index in [1.54, 1.807) is 0 Å². The van der Waals surface area contributed by atoms with Crippen LogP contribution < -0.4 is 5.73 Å². The molecular weight excluding hydrogens is 182 g/mol. The smallest absolute Gasteiger partial charge is 0.0541 e. The molecular formula is C10H19NOS. The lowest BCUT2D eigenvalue weighted by Gasteiger charge is -2.40. The van der Waals surface area contributed by atoms with Crippen LogP contribution in [0.3, 0.4) is 0 Å². The van der Waals surface area contributed by atoms with E-state index in [0.29, 0.717) is 5.92 Å². The highest BCUT2D eigenvalue weighted by Gasteiger charge is 2.39. The number of rotatable bonds is 1. The first-order valence-corrected chi connectivity index (χ1v) is 6.41. The molecule has 76 valence electrons. The van der Waals surface area contributed by atoms with Gasteiger partial charge < -0.3 is 10.8 Å². The predicted octanol–water partition coefficient (Wildman–Crippen LogP) is 1.37. The monoisotopic (exact) mass is 201 g/mol. The highest BCUT2D eigenvalue weighted by atomic mass is 32.2. The summed E-state index contributed by atoms with van der Waals surface area (Å²) in [5.74, 6) is 3.24. The van der Waals surface area contributed by atoms with E-state index in [1.807, 2.05) is 11.8 Å². The standard InChI is InChI=1S/C10H19NOS/c11-10(8-3-6-13-7-8)4-1-9(12)2-5-10/h8-9,12H,1-7,11H2. The minimum Gasteiger partial charge on any atom is -0.393 e. The first-order chi connectivity index (χ1) is 6.21. The molecule has 0 bridgehead atoms. The Morgan fingerprint density at radius 2 is 1.92 bits per heavy atom. The van der Waals surface area contributed by atoms with Gasteiger partial charge in [-0.25, -0.2) is 0 Å². The van der Waals surface area contributed by atoms with E-state index in [9.17, 15) is 5.11 Å². The molecule has 0 amide bonds. The number of aliphatic hydroxyl groups is 1. The van der Waals surface area contributed by atoms with E-state index in [4.69, 9.17) is 5.73 Å². The van der Waals surface area contributed by atoms with Gasteiger partial charge in [-0.3, -0.25) is 0 Å². The van der Waals surface area contributed by atoms with E-state index in [1.165, 1.54) is 17.9 Å². The largest absolute Gasteiger partial charge is 0.393 e. The van der Waals surface area contributed by atoms with Crippen molar-refractivity contribution >= 4 is 11.8 Å². The van der Waals surface area contributed by atoms with E-state index in [-0.39, 0.29) is 11.6 Å². The fourth-order valence-electron chi connectivity index (χ4n) is 2.54. The molecule has 1 atom stereocenters. The first-order valence-electron chi connectivity index (χ1n) is 5.25. The minimum atomic E-state index is -0.0780. The molecule has 3 N–H and O–H groups in total. The maximum Gasteiger partial charge on any atom is 0.0541 e. The molecule has 1 unspecified atom stereocenters. The van der Waals surface area contributed by atoms with Crippen LogP contribution in [-0.4, -0.2) is 28.3 Å².